The molecular formula is C27H32ClN5OSn. The predicted octanol–water partition coefficient (Wildman–Crippen LogP) is 6.16. The molecule has 0 saturated heterocycles. The van der Waals surface area contributed by atoms with Gasteiger partial charge in [0.15, 0.2) is 0 Å². The first-order valence-corrected chi connectivity index (χ1v) is 22.3. The summed E-state index contributed by atoms with van der Waals surface area (Å²) in [4.78, 5) is 11.5. The summed E-state index contributed by atoms with van der Waals surface area (Å²) in [6.45, 7) is 2.12. The molecule has 6 nitrogen and oxygen atoms in total. The van der Waals surface area contributed by atoms with Gasteiger partial charge in [0.05, 0.1) is 0 Å². The zero-order valence-electron chi connectivity index (χ0n) is 20.8. The van der Waals surface area contributed by atoms with Gasteiger partial charge in [-0.05, 0) is 6.42 Å². The predicted molar refractivity (Wildman–Crippen MR) is 144 cm³/mol. The van der Waals surface area contributed by atoms with Crippen molar-refractivity contribution in [1.29, 1.82) is 0 Å². The van der Waals surface area contributed by atoms with Gasteiger partial charge in [-0.25, -0.2) is 0 Å². The molecule has 0 spiro atoms. The Morgan fingerprint density at radius 1 is 1.00 bits per heavy atom. The van der Waals surface area contributed by atoms with E-state index in [1.807, 2.05) is 12.1 Å². The molecule has 0 aliphatic heterocycles. The molecular weight excluding hydrogens is 564 g/mol. The standard InChI is InChI=1S/C24H23ClN5O.3CH3.Sn/c1-2-3-8-22-21(18(15-31)14-23(25)26-22)13-16-9-11-17(12-10-16)19-6-4-5-7-20(19)24-27-29-30-28-24;;;;/h4-7,9-12,14,31H,2-3,8,13,15H2,1H3;3*1H3;/q-1;;;;+1. The van der Waals surface area contributed by atoms with Gasteiger partial charge < -0.3 is 5.11 Å². The summed E-state index contributed by atoms with van der Waals surface area (Å²) < 4.78 is 2.07. The molecule has 35 heavy (non-hydrogen) atoms. The van der Waals surface area contributed by atoms with Gasteiger partial charge >= 0.3 is 176 Å². The van der Waals surface area contributed by atoms with Crippen molar-refractivity contribution < 1.29 is 5.11 Å². The van der Waals surface area contributed by atoms with Crippen LogP contribution in [0.15, 0.2) is 54.6 Å². The summed E-state index contributed by atoms with van der Waals surface area (Å²) in [7, 11) is 0. The Kier molecular flexibility index (Phi) is 8.24. The van der Waals surface area contributed by atoms with Crippen LogP contribution in [-0.2, 0) is 19.4 Å². The Hall–Kier alpha value is -2.29. The molecule has 0 radical (unpaired) electrons. The third kappa shape index (κ3) is 5.93. The number of nitrogens with zero attached hydrogens (tertiary/aromatic N) is 5. The van der Waals surface area contributed by atoms with Crippen LogP contribution in [0.3, 0.4) is 0 Å². The van der Waals surface area contributed by atoms with Crippen molar-refractivity contribution in [2.45, 2.75) is 54.0 Å². The second-order valence-electron chi connectivity index (χ2n) is 9.80. The van der Waals surface area contributed by atoms with Crippen molar-refractivity contribution in [3.8, 4) is 22.5 Å². The van der Waals surface area contributed by atoms with Crippen LogP contribution < -0.4 is 0 Å². The van der Waals surface area contributed by atoms with Gasteiger partial charge in [0.1, 0.15) is 5.15 Å². The first-order valence-electron chi connectivity index (χ1n) is 12.1. The van der Waals surface area contributed by atoms with Crippen LogP contribution in [-0.4, -0.2) is 47.2 Å². The number of aryl methyl sites for hydroxylation is 1. The van der Waals surface area contributed by atoms with E-state index < -0.39 is 18.7 Å². The zero-order valence-corrected chi connectivity index (χ0v) is 24.4. The Labute approximate surface area is 216 Å². The van der Waals surface area contributed by atoms with Crippen LogP contribution in [0.4, 0.5) is 0 Å². The second kappa shape index (κ2) is 11.2. The maximum atomic E-state index is 9.96. The normalized spacial score (nSPS) is 11.7. The summed E-state index contributed by atoms with van der Waals surface area (Å²) in [6.07, 6.45) is 3.69. The van der Waals surface area contributed by atoms with E-state index in [1.165, 1.54) is 5.56 Å². The van der Waals surface area contributed by atoms with Crippen molar-refractivity contribution in [2.75, 3.05) is 0 Å². The third-order valence-electron chi connectivity index (χ3n) is 6.13. The second-order valence-corrected chi connectivity index (χ2v) is 23.8. The number of aliphatic hydroxyl groups is 1. The van der Waals surface area contributed by atoms with Crippen LogP contribution in [0.1, 0.15) is 42.1 Å². The molecule has 1 N–H and O–H groups in total. The van der Waals surface area contributed by atoms with E-state index in [-0.39, 0.29) is 6.61 Å². The Bertz CT molecular complexity index is 1300. The summed E-state index contributed by atoms with van der Waals surface area (Å²) in [6, 6.07) is 18.7. The van der Waals surface area contributed by atoms with Crippen molar-refractivity contribution in [2.24, 2.45) is 0 Å². The van der Waals surface area contributed by atoms with E-state index >= 15 is 0 Å². The molecule has 0 atom stereocenters. The number of aliphatic hydroxyl groups excluding tert-OH is 1. The Morgan fingerprint density at radius 2 is 1.71 bits per heavy atom. The quantitative estimate of drug-likeness (QED) is 0.185. The average molecular weight is 597 g/mol. The van der Waals surface area contributed by atoms with E-state index in [1.54, 1.807) is 6.07 Å². The third-order valence-corrected chi connectivity index (χ3v) is 10.8. The van der Waals surface area contributed by atoms with Crippen molar-refractivity contribution in [3.05, 3.63) is 82.1 Å². The molecule has 2 heterocycles. The monoisotopic (exact) mass is 597 g/mol. The van der Waals surface area contributed by atoms with E-state index in [4.69, 9.17) is 11.6 Å². The first kappa shape index (κ1) is 25.8. The molecule has 2 aromatic heterocycles. The maximum absolute atomic E-state index is 9.96. The number of halogens is 1. The first-order chi connectivity index (χ1) is 16.8. The van der Waals surface area contributed by atoms with Crippen LogP contribution >= 0.6 is 11.6 Å². The fourth-order valence-electron chi connectivity index (χ4n) is 4.30. The van der Waals surface area contributed by atoms with E-state index in [9.17, 15) is 5.11 Å². The molecule has 4 rings (SSSR count). The van der Waals surface area contributed by atoms with Gasteiger partial charge in [0, 0.05) is 0 Å². The average Bonchev–Trinajstić information content (AvgIpc) is 3.35. The van der Waals surface area contributed by atoms with Gasteiger partial charge in [-0.1, -0.05) is 24.9 Å². The summed E-state index contributed by atoms with van der Waals surface area (Å²) in [5.41, 5.74) is 7.35. The number of aromatic nitrogens is 5. The Balaban J connectivity index is 1.67. The van der Waals surface area contributed by atoms with Crippen molar-refractivity contribution in [1.82, 2.24) is 23.4 Å². The number of pyridine rings is 1. The Morgan fingerprint density at radius 3 is 2.37 bits per heavy atom. The van der Waals surface area contributed by atoms with Crippen LogP contribution in [0, 0.1) is 0 Å². The molecule has 0 aliphatic rings. The van der Waals surface area contributed by atoms with Crippen LogP contribution in [0.5, 0.6) is 0 Å². The number of rotatable bonds is 9. The van der Waals surface area contributed by atoms with Crippen molar-refractivity contribution >= 4 is 30.3 Å². The summed E-state index contributed by atoms with van der Waals surface area (Å²) in [5.74, 6) is 0.841. The fourth-order valence-corrected chi connectivity index (χ4v) is 7.69. The van der Waals surface area contributed by atoms with Crippen LogP contribution in [0.25, 0.3) is 22.5 Å². The van der Waals surface area contributed by atoms with E-state index in [0.29, 0.717) is 11.6 Å². The molecule has 0 saturated carbocycles. The van der Waals surface area contributed by atoms with Crippen molar-refractivity contribution in [3.63, 3.8) is 0 Å². The van der Waals surface area contributed by atoms with Gasteiger partial charge in [-0.3, -0.25) is 0 Å². The number of benzene rings is 2. The number of hydrogen-bond acceptors (Lipinski definition) is 5. The number of unbranched alkanes of at least 4 members (excludes halogenated alkanes) is 1. The number of tetrazole rings is 1. The van der Waals surface area contributed by atoms with Gasteiger partial charge in [-0.2, -0.15) is 0 Å². The van der Waals surface area contributed by atoms with Gasteiger partial charge in [0.2, 0.25) is 0 Å². The molecule has 2 aromatic carbocycles. The molecule has 0 unspecified atom stereocenters. The fraction of sp³-hybridized carbons (Fsp3) is 0.333. The summed E-state index contributed by atoms with van der Waals surface area (Å²) in [5, 5.41) is 23.1. The molecule has 0 bridgehead atoms. The zero-order chi connectivity index (χ0) is 25.0. The molecule has 0 fully saturated rings. The van der Waals surface area contributed by atoms with Gasteiger partial charge in [0.25, 0.3) is 0 Å². The summed E-state index contributed by atoms with van der Waals surface area (Å²) >= 11 is 3.68. The molecule has 4 aromatic rings. The molecule has 0 aliphatic carbocycles. The minimum absolute atomic E-state index is 0.0460. The molecule has 182 valence electrons. The molecule has 8 heteroatoms. The SMILES string of the molecule is CCCCc1nc(Cl)cc(CO)c1Cc1ccc(-c2ccccc2-c2nnn[n]2[Sn]([CH3])([CH3])[CH3])cc1. The van der Waals surface area contributed by atoms with E-state index in [0.717, 1.165) is 58.6 Å². The topological polar surface area (TPSA) is 76.7 Å². The van der Waals surface area contributed by atoms with E-state index in [2.05, 4.69) is 81.6 Å². The number of hydrogen-bond donors (Lipinski definition) is 1. The molecule has 0 amide bonds. The van der Waals surface area contributed by atoms with Crippen LogP contribution in [0.2, 0.25) is 20.0 Å². The van der Waals surface area contributed by atoms with Gasteiger partial charge in [-0.15, -0.1) is 0 Å². The minimum atomic E-state index is -2.55.